The number of aromatic hydroxyl groups is 1. The third kappa shape index (κ3) is 3.26. The van der Waals surface area contributed by atoms with E-state index in [1.807, 2.05) is 6.07 Å². The SMILES string of the molecule is CC(C)SCc1noc(-c2ccc(Br)c(O)c2)n1. The topological polar surface area (TPSA) is 59.2 Å². The average molecular weight is 329 g/mol. The first-order chi connectivity index (χ1) is 8.56. The quantitative estimate of drug-likeness (QED) is 0.923. The van der Waals surface area contributed by atoms with E-state index in [9.17, 15) is 5.11 Å². The molecule has 0 radical (unpaired) electrons. The lowest BCUT2D eigenvalue weighted by molar-refractivity contribution is 0.424. The number of benzene rings is 1. The maximum atomic E-state index is 9.60. The smallest absolute Gasteiger partial charge is 0.258 e. The fraction of sp³-hybridized carbons (Fsp3) is 0.333. The van der Waals surface area contributed by atoms with Crippen LogP contribution in [0, 0.1) is 0 Å². The summed E-state index contributed by atoms with van der Waals surface area (Å²) in [5.41, 5.74) is 0.712. The van der Waals surface area contributed by atoms with Crippen molar-refractivity contribution in [2.24, 2.45) is 0 Å². The van der Waals surface area contributed by atoms with Crippen LogP contribution in [0.4, 0.5) is 0 Å². The molecular formula is C12H13BrN2O2S. The molecule has 0 amide bonds. The second kappa shape index (κ2) is 5.75. The van der Waals surface area contributed by atoms with Crippen molar-refractivity contribution >= 4 is 27.7 Å². The van der Waals surface area contributed by atoms with Crippen molar-refractivity contribution in [3.8, 4) is 17.2 Å². The molecule has 0 saturated heterocycles. The van der Waals surface area contributed by atoms with E-state index in [4.69, 9.17) is 4.52 Å². The highest BCUT2D eigenvalue weighted by Crippen LogP contribution is 2.29. The number of aromatic nitrogens is 2. The van der Waals surface area contributed by atoms with E-state index < -0.39 is 0 Å². The first-order valence-electron chi connectivity index (χ1n) is 5.49. The van der Waals surface area contributed by atoms with Crippen LogP contribution in [0.15, 0.2) is 27.2 Å². The van der Waals surface area contributed by atoms with Crippen LogP contribution in [0.3, 0.4) is 0 Å². The van der Waals surface area contributed by atoms with Crippen molar-refractivity contribution in [1.29, 1.82) is 0 Å². The minimum Gasteiger partial charge on any atom is -0.507 e. The first kappa shape index (κ1) is 13.4. The van der Waals surface area contributed by atoms with E-state index in [1.54, 1.807) is 23.9 Å². The summed E-state index contributed by atoms with van der Waals surface area (Å²) in [5, 5.41) is 14.1. The second-order valence-corrected chi connectivity index (χ2v) is 6.46. The molecule has 0 unspecified atom stereocenters. The van der Waals surface area contributed by atoms with Gasteiger partial charge in [-0.05, 0) is 39.4 Å². The van der Waals surface area contributed by atoms with Crippen molar-refractivity contribution in [2.45, 2.75) is 24.9 Å². The second-order valence-electron chi connectivity index (χ2n) is 4.04. The van der Waals surface area contributed by atoms with Crippen molar-refractivity contribution in [2.75, 3.05) is 0 Å². The molecular weight excluding hydrogens is 316 g/mol. The van der Waals surface area contributed by atoms with E-state index >= 15 is 0 Å². The molecule has 2 aromatic rings. The molecule has 4 nitrogen and oxygen atoms in total. The first-order valence-corrected chi connectivity index (χ1v) is 7.33. The molecule has 0 aliphatic rings. The summed E-state index contributed by atoms with van der Waals surface area (Å²) < 4.78 is 5.82. The summed E-state index contributed by atoms with van der Waals surface area (Å²) in [4.78, 5) is 4.30. The van der Waals surface area contributed by atoms with Crippen molar-refractivity contribution in [3.05, 3.63) is 28.5 Å². The van der Waals surface area contributed by atoms with Crippen LogP contribution in [0.25, 0.3) is 11.5 Å². The normalized spacial score (nSPS) is 11.1. The predicted molar refractivity (Wildman–Crippen MR) is 75.5 cm³/mol. The van der Waals surface area contributed by atoms with Crippen LogP contribution < -0.4 is 0 Å². The zero-order chi connectivity index (χ0) is 13.1. The van der Waals surface area contributed by atoms with E-state index in [1.165, 1.54) is 0 Å². The van der Waals surface area contributed by atoms with Gasteiger partial charge in [-0.3, -0.25) is 0 Å². The lowest BCUT2D eigenvalue weighted by atomic mass is 10.2. The van der Waals surface area contributed by atoms with Crippen molar-refractivity contribution in [1.82, 2.24) is 10.1 Å². The minimum atomic E-state index is 0.156. The molecule has 6 heteroatoms. The van der Waals surface area contributed by atoms with Crippen LogP contribution in [0.2, 0.25) is 0 Å². The molecule has 0 aliphatic carbocycles. The molecule has 2 rings (SSSR count). The highest BCUT2D eigenvalue weighted by atomic mass is 79.9. The molecule has 96 valence electrons. The van der Waals surface area contributed by atoms with Gasteiger partial charge in [-0.15, -0.1) is 0 Å². The number of hydrogen-bond acceptors (Lipinski definition) is 5. The average Bonchev–Trinajstić information content (AvgIpc) is 2.79. The third-order valence-corrected chi connectivity index (χ3v) is 3.97. The summed E-state index contributed by atoms with van der Waals surface area (Å²) in [6.07, 6.45) is 0. The molecule has 1 N–H and O–H groups in total. The van der Waals surface area contributed by atoms with Gasteiger partial charge in [0.25, 0.3) is 5.89 Å². The predicted octanol–water partition coefficient (Wildman–Crippen LogP) is 3.85. The minimum absolute atomic E-state index is 0.156. The Balaban J connectivity index is 2.16. The molecule has 1 heterocycles. The van der Waals surface area contributed by atoms with E-state index in [2.05, 4.69) is 39.9 Å². The zero-order valence-corrected chi connectivity index (χ0v) is 12.5. The molecule has 1 aromatic heterocycles. The Morgan fingerprint density at radius 3 is 2.89 bits per heavy atom. The number of halogens is 1. The van der Waals surface area contributed by atoms with E-state index in [0.717, 1.165) is 5.75 Å². The number of phenolic OH excluding ortho intramolecular Hbond substituents is 1. The Morgan fingerprint density at radius 2 is 2.22 bits per heavy atom. The van der Waals surface area contributed by atoms with Gasteiger partial charge in [0.1, 0.15) is 5.75 Å². The summed E-state index contributed by atoms with van der Waals surface area (Å²) in [6.45, 7) is 4.25. The molecule has 0 aliphatic heterocycles. The van der Waals surface area contributed by atoms with Gasteiger partial charge in [-0.1, -0.05) is 19.0 Å². The van der Waals surface area contributed by atoms with Crippen molar-refractivity contribution < 1.29 is 9.63 Å². The van der Waals surface area contributed by atoms with Gasteiger partial charge in [-0.25, -0.2) is 0 Å². The standard InChI is InChI=1S/C12H13BrN2O2S/c1-7(2)18-6-11-14-12(17-15-11)8-3-4-9(13)10(16)5-8/h3-5,7,16H,6H2,1-2H3. The van der Waals surface area contributed by atoms with Gasteiger partial charge >= 0.3 is 0 Å². The molecule has 0 fully saturated rings. The van der Waals surface area contributed by atoms with Gasteiger partial charge in [0.15, 0.2) is 5.82 Å². The Morgan fingerprint density at radius 1 is 1.44 bits per heavy atom. The van der Waals surface area contributed by atoms with E-state index in [-0.39, 0.29) is 5.75 Å². The summed E-state index contributed by atoms with van der Waals surface area (Å²) in [5.74, 6) is 1.98. The van der Waals surface area contributed by atoms with Crippen LogP contribution in [-0.4, -0.2) is 20.5 Å². The Hall–Kier alpha value is -1.01. The summed E-state index contributed by atoms with van der Waals surface area (Å²) in [7, 11) is 0. The third-order valence-electron chi connectivity index (χ3n) is 2.21. The molecule has 0 bridgehead atoms. The number of hydrogen-bond donors (Lipinski definition) is 1. The maximum absolute atomic E-state index is 9.60. The number of phenols is 1. The number of nitrogens with zero attached hydrogens (tertiary/aromatic N) is 2. The molecule has 0 atom stereocenters. The van der Waals surface area contributed by atoms with Crippen molar-refractivity contribution in [3.63, 3.8) is 0 Å². The van der Waals surface area contributed by atoms with Crippen LogP contribution in [-0.2, 0) is 5.75 Å². The summed E-state index contributed by atoms with van der Waals surface area (Å²) >= 11 is 4.98. The van der Waals surface area contributed by atoms with Gasteiger partial charge in [0.05, 0.1) is 10.2 Å². The fourth-order valence-electron chi connectivity index (χ4n) is 1.32. The fourth-order valence-corrected chi connectivity index (χ4v) is 2.16. The molecule has 0 saturated carbocycles. The Bertz CT molecular complexity index is 543. The van der Waals surface area contributed by atoms with Gasteiger partial charge in [-0.2, -0.15) is 16.7 Å². The Labute approximate surface area is 118 Å². The van der Waals surface area contributed by atoms with Crippen LogP contribution in [0.5, 0.6) is 5.75 Å². The monoisotopic (exact) mass is 328 g/mol. The van der Waals surface area contributed by atoms with Crippen LogP contribution in [0.1, 0.15) is 19.7 Å². The highest BCUT2D eigenvalue weighted by Gasteiger charge is 2.11. The molecule has 0 spiro atoms. The summed E-state index contributed by atoms with van der Waals surface area (Å²) in [6, 6.07) is 5.16. The zero-order valence-electron chi connectivity index (χ0n) is 10.1. The van der Waals surface area contributed by atoms with Gasteiger partial charge < -0.3 is 9.63 Å². The van der Waals surface area contributed by atoms with Crippen LogP contribution >= 0.6 is 27.7 Å². The van der Waals surface area contributed by atoms with Gasteiger partial charge in [0, 0.05) is 5.56 Å². The highest BCUT2D eigenvalue weighted by molar-refractivity contribution is 9.10. The maximum Gasteiger partial charge on any atom is 0.258 e. The molecule has 1 aromatic carbocycles. The Kier molecular flexibility index (Phi) is 4.29. The number of rotatable bonds is 4. The number of thioether (sulfide) groups is 1. The van der Waals surface area contributed by atoms with Gasteiger partial charge in [0.2, 0.25) is 0 Å². The lowest BCUT2D eigenvalue weighted by Gasteiger charge is -1.99. The van der Waals surface area contributed by atoms with E-state index in [0.29, 0.717) is 27.0 Å². The largest absolute Gasteiger partial charge is 0.507 e. The molecule has 18 heavy (non-hydrogen) atoms. The lowest BCUT2D eigenvalue weighted by Crippen LogP contribution is -1.90.